The van der Waals surface area contributed by atoms with Gasteiger partial charge in [-0.1, -0.05) is 25.3 Å². The number of hydrogen-bond acceptors (Lipinski definition) is 4. The van der Waals surface area contributed by atoms with Crippen molar-refractivity contribution in [3.63, 3.8) is 0 Å². The quantitative estimate of drug-likeness (QED) is 0.564. The van der Waals surface area contributed by atoms with Gasteiger partial charge < -0.3 is 15.4 Å². The highest BCUT2D eigenvalue weighted by Crippen LogP contribution is 2.29. The molecule has 27 heavy (non-hydrogen) atoms. The molecule has 0 unspecified atom stereocenters. The van der Waals surface area contributed by atoms with Crippen LogP contribution in [0.3, 0.4) is 0 Å². The van der Waals surface area contributed by atoms with Gasteiger partial charge in [0.25, 0.3) is 0 Å². The first-order valence-electron chi connectivity index (χ1n) is 9.48. The zero-order valence-corrected chi connectivity index (χ0v) is 17.6. The fraction of sp³-hybridized carbons (Fsp3) is 0.476. The van der Waals surface area contributed by atoms with Crippen LogP contribution >= 0.6 is 24.8 Å². The van der Waals surface area contributed by atoms with E-state index in [1.807, 2.05) is 12.1 Å². The van der Waals surface area contributed by atoms with E-state index in [0.29, 0.717) is 0 Å². The topological polar surface area (TPSA) is 46.2 Å². The van der Waals surface area contributed by atoms with Crippen LogP contribution in [0.4, 0.5) is 11.4 Å². The Bertz CT molecular complexity index is 649. The molecule has 0 spiro atoms. The van der Waals surface area contributed by atoms with Crippen molar-refractivity contribution < 1.29 is 4.74 Å². The van der Waals surface area contributed by atoms with E-state index in [1.54, 1.807) is 12.4 Å². The zero-order chi connectivity index (χ0) is 17.3. The van der Waals surface area contributed by atoms with Crippen LogP contribution in [0.5, 0.6) is 5.75 Å². The predicted octanol–water partition coefficient (Wildman–Crippen LogP) is 5.93. The Labute approximate surface area is 175 Å². The molecule has 1 aromatic heterocycles. The number of halogens is 2. The zero-order valence-electron chi connectivity index (χ0n) is 15.9. The largest absolute Gasteiger partial charge is 0.491 e. The molecule has 0 radical (unpaired) electrons. The van der Waals surface area contributed by atoms with Crippen molar-refractivity contribution in [3.05, 3.63) is 48.3 Å². The lowest BCUT2D eigenvalue weighted by atomic mass is 9.90. The number of nitrogens with zero attached hydrogens (tertiary/aromatic N) is 1. The third-order valence-electron chi connectivity index (χ3n) is 4.79. The van der Waals surface area contributed by atoms with E-state index in [0.717, 1.165) is 42.7 Å². The Kier molecular flexibility index (Phi) is 11.0. The Morgan fingerprint density at radius 1 is 1.00 bits per heavy atom. The summed E-state index contributed by atoms with van der Waals surface area (Å²) in [5.74, 6) is 1.69. The van der Waals surface area contributed by atoms with Crippen LogP contribution < -0.4 is 15.4 Å². The molecule has 6 heteroatoms. The van der Waals surface area contributed by atoms with Crippen LogP contribution in [0.25, 0.3) is 0 Å². The average Bonchev–Trinajstić information content (AvgIpc) is 2.67. The molecule has 1 saturated carbocycles. The summed E-state index contributed by atoms with van der Waals surface area (Å²) in [5.41, 5.74) is 3.41. The summed E-state index contributed by atoms with van der Waals surface area (Å²) < 4.78 is 6.16. The van der Waals surface area contributed by atoms with E-state index in [4.69, 9.17) is 4.74 Å². The molecule has 2 N–H and O–H groups in total. The molecule has 4 nitrogen and oxygen atoms in total. The maximum Gasteiger partial charge on any atom is 0.142 e. The summed E-state index contributed by atoms with van der Waals surface area (Å²) in [6.45, 7) is 4.63. The van der Waals surface area contributed by atoms with Crippen LogP contribution in [0.15, 0.2) is 42.7 Å². The molecule has 150 valence electrons. The third-order valence-corrected chi connectivity index (χ3v) is 4.79. The Balaban J connectivity index is 0.00000182. The van der Waals surface area contributed by atoms with E-state index in [-0.39, 0.29) is 24.8 Å². The highest BCUT2D eigenvalue weighted by Gasteiger charge is 2.15. The normalized spacial score (nSPS) is 13.8. The highest BCUT2D eigenvalue weighted by atomic mass is 35.5. The standard InChI is InChI=1S/C21H29N3O.2ClH/c1-2-23-20-14-18(15-24-19-10-12-22-13-11-19)8-9-21(20)25-16-17-6-4-3-5-7-17;;/h8-14,17,23H,2-7,15-16H2,1H3,(H,22,24);2*1H. The Morgan fingerprint density at radius 3 is 2.44 bits per heavy atom. The minimum Gasteiger partial charge on any atom is -0.491 e. The van der Waals surface area contributed by atoms with Gasteiger partial charge in [0.2, 0.25) is 0 Å². The van der Waals surface area contributed by atoms with Crippen molar-refractivity contribution in [1.29, 1.82) is 0 Å². The first-order chi connectivity index (χ1) is 12.3. The van der Waals surface area contributed by atoms with Crippen molar-refractivity contribution in [3.8, 4) is 5.75 Å². The fourth-order valence-corrected chi connectivity index (χ4v) is 3.38. The molecule has 1 fully saturated rings. The first-order valence-corrected chi connectivity index (χ1v) is 9.48. The minimum absolute atomic E-state index is 0. The van der Waals surface area contributed by atoms with Gasteiger partial charge in [-0.2, -0.15) is 0 Å². The molecule has 1 aromatic carbocycles. The molecule has 1 heterocycles. The number of anilines is 2. The van der Waals surface area contributed by atoms with Gasteiger partial charge in [0.1, 0.15) is 5.75 Å². The fourth-order valence-electron chi connectivity index (χ4n) is 3.38. The van der Waals surface area contributed by atoms with Gasteiger partial charge in [-0.15, -0.1) is 24.8 Å². The molecule has 1 aliphatic rings. The van der Waals surface area contributed by atoms with Gasteiger partial charge >= 0.3 is 0 Å². The summed E-state index contributed by atoms with van der Waals surface area (Å²) >= 11 is 0. The first kappa shape index (κ1) is 23.4. The van der Waals surface area contributed by atoms with Gasteiger partial charge in [-0.25, -0.2) is 0 Å². The highest BCUT2D eigenvalue weighted by molar-refractivity contribution is 5.85. The van der Waals surface area contributed by atoms with E-state index < -0.39 is 0 Å². The summed E-state index contributed by atoms with van der Waals surface area (Å²) in [7, 11) is 0. The van der Waals surface area contributed by atoms with Crippen LogP contribution in [0.1, 0.15) is 44.6 Å². The van der Waals surface area contributed by atoms with Crippen LogP contribution in [-0.2, 0) is 6.54 Å². The van der Waals surface area contributed by atoms with Crippen LogP contribution in [-0.4, -0.2) is 18.1 Å². The Morgan fingerprint density at radius 2 is 1.74 bits per heavy atom. The lowest BCUT2D eigenvalue weighted by Gasteiger charge is -2.23. The summed E-state index contributed by atoms with van der Waals surface area (Å²) in [4.78, 5) is 4.04. The summed E-state index contributed by atoms with van der Waals surface area (Å²) in [5, 5.41) is 6.86. The van der Waals surface area contributed by atoms with Gasteiger partial charge in [-0.3, -0.25) is 4.98 Å². The Hall–Kier alpha value is -1.65. The van der Waals surface area contributed by atoms with E-state index in [9.17, 15) is 0 Å². The second-order valence-corrected chi connectivity index (χ2v) is 6.77. The minimum atomic E-state index is 0. The monoisotopic (exact) mass is 411 g/mol. The predicted molar refractivity (Wildman–Crippen MR) is 119 cm³/mol. The van der Waals surface area contributed by atoms with Crippen LogP contribution in [0, 0.1) is 5.92 Å². The van der Waals surface area contributed by atoms with Crippen molar-refractivity contribution >= 4 is 36.2 Å². The molecule has 0 saturated heterocycles. The molecule has 2 aromatic rings. The lowest BCUT2D eigenvalue weighted by molar-refractivity contribution is 0.209. The maximum absolute atomic E-state index is 6.16. The summed E-state index contributed by atoms with van der Waals surface area (Å²) in [6, 6.07) is 10.4. The molecule has 3 rings (SSSR count). The van der Waals surface area contributed by atoms with Crippen LogP contribution in [0.2, 0.25) is 0 Å². The maximum atomic E-state index is 6.16. The van der Waals surface area contributed by atoms with Crippen molar-refractivity contribution in [2.45, 2.75) is 45.6 Å². The van der Waals surface area contributed by atoms with E-state index >= 15 is 0 Å². The van der Waals surface area contributed by atoms with Gasteiger partial charge in [-0.05, 0) is 55.5 Å². The number of hydrogen-bond donors (Lipinski definition) is 2. The molecule has 0 bridgehead atoms. The molecule has 1 aliphatic carbocycles. The van der Waals surface area contributed by atoms with Gasteiger partial charge in [0, 0.05) is 31.2 Å². The second-order valence-electron chi connectivity index (χ2n) is 6.77. The second kappa shape index (κ2) is 12.7. The van der Waals surface area contributed by atoms with Crippen molar-refractivity contribution in [1.82, 2.24) is 4.98 Å². The van der Waals surface area contributed by atoms with Gasteiger partial charge in [0.05, 0.1) is 12.3 Å². The number of aromatic nitrogens is 1. The van der Waals surface area contributed by atoms with Crippen molar-refractivity contribution in [2.24, 2.45) is 5.92 Å². The number of rotatable bonds is 8. The molecule has 0 amide bonds. The number of ether oxygens (including phenoxy) is 1. The number of benzene rings is 1. The van der Waals surface area contributed by atoms with Gasteiger partial charge in [0.15, 0.2) is 0 Å². The summed E-state index contributed by atoms with van der Waals surface area (Å²) in [6.07, 6.45) is 10.3. The molecule has 0 aliphatic heterocycles. The number of nitrogens with one attached hydrogen (secondary N) is 2. The number of pyridine rings is 1. The smallest absolute Gasteiger partial charge is 0.142 e. The molecular weight excluding hydrogens is 381 g/mol. The van der Waals surface area contributed by atoms with Crippen molar-refractivity contribution in [2.75, 3.05) is 23.8 Å². The molecular formula is C21H31Cl2N3O. The average molecular weight is 412 g/mol. The SMILES string of the molecule is CCNc1cc(CNc2ccncc2)ccc1OCC1CCCCC1.Cl.Cl. The molecule has 0 atom stereocenters. The lowest BCUT2D eigenvalue weighted by Crippen LogP contribution is -2.16. The van der Waals surface area contributed by atoms with E-state index in [1.165, 1.54) is 37.7 Å². The van der Waals surface area contributed by atoms with E-state index in [2.05, 4.69) is 40.7 Å². The third kappa shape index (κ3) is 7.47.